The van der Waals surface area contributed by atoms with Gasteiger partial charge in [-0.25, -0.2) is 9.69 Å². The van der Waals surface area contributed by atoms with Crippen LogP contribution < -0.4 is 9.80 Å². The van der Waals surface area contributed by atoms with Crippen molar-refractivity contribution in [3.8, 4) is 0 Å². The molecule has 2 fully saturated rings. The largest absolute Gasteiger partial charge is 0.444 e. The van der Waals surface area contributed by atoms with Crippen molar-refractivity contribution in [1.29, 1.82) is 0 Å². The first-order valence-corrected chi connectivity index (χ1v) is 9.96. The highest BCUT2D eigenvalue weighted by atomic mass is 16.6. The zero-order valence-corrected chi connectivity index (χ0v) is 18.4. The molecule has 0 saturated carbocycles. The van der Waals surface area contributed by atoms with Crippen molar-refractivity contribution in [2.75, 3.05) is 36.0 Å². The molecule has 2 saturated heterocycles. The zero-order valence-electron chi connectivity index (χ0n) is 18.4. The maximum atomic E-state index is 12.9. The van der Waals surface area contributed by atoms with Gasteiger partial charge in [0.15, 0.2) is 5.82 Å². The van der Waals surface area contributed by atoms with E-state index in [1.165, 1.54) is 4.90 Å². The van der Waals surface area contributed by atoms with Crippen molar-refractivity contribution in [3.63, 3.8) is 0 Å². The van der Waals surface area contributed by atoms with Gasteiger partial charge in [-0.3, -0.25) is 14.3 Å². The van der Waals surface area contributed by atoms with Crippen LogP contribution in [0.5, 0.6) is 0 Å². The third-order valence-electron chi connectivity index (χ3n) is 5.36. The molecule has 1 aromatic rings. The predicted molar refractivity (Wildman–Crippen MR) is 109 cm³/mol. The highest BCUT2D eigenvalue weighted by Crippen LogP contribution is 2.41. The molecule has 0 unspecified atom stereocenters. The minimum absolute atomic E-state index is 0.187. The second kappa shape index (κ2) is 7.03. The fraction of sp³-hybridized carbons (Fsp3) is 0.700. The summed E-state index contributed by atoms with van der Waals surface area (Å²) in [6.07, 6.45) is -0.146. The summed E-state index contributed by atoms with van der Waals surface area (Å²) in [7, 11) is 1.80. The lowest BCUT2D eigenvalue weighted by atomic mass is 9.92. The number of ether oxygens (including phenoxy) is 1. The van der Waals surface area contributed by atoms with Gasteiger partial charge in [0.2, 0.25) is 11.8 Å². The van der Waals surface area contributed by atoms with Gasteiger partial charge in [-0.1, -0.05) is 13.8 Å². The summed E-state index contributed by atoms with van der Waals surface area (Å²) < 4.78 is 7.14. The van der Waals surface area contributed by atoms with Crippen molar-refractivity contribution in [2.45, 2.75) is 53.6 Å². The van der Waals surface area contributed by atoms with Crippen LogP contribution in [0.25, 0.3) is 0 Å². The lowest BCUT2D eigenvalue weighted by Crippen LogP contribution is -2.50. The third-order valence-corrected chi connectivity index (χ3v) is 5.36. The number of aryl methyl sites for hydroxylation is 1. The van der Waals surface area contributed by atoms with Gasteiger partial charge in [0.05, 0.1) is 11.1 Å². The van der Waals surface area contributed by atoms with Crippen LogP contribution in [0.2, 0.25) is 0 Å². The number of imide groups is 1. The molecule has 3 rings (SSSR count). The van der Waals surface area contributed by atoms with Crippen LogP contribution in [0.3, 0.4) is 0 Å². The average molecular weight is 405 g/mol. The van der Waals surface area contributed by atoms with Crippen LogP contribution in [-0.4, -0.2) is 64.4 Å². The van der Waals surface area contributed by atoms with E-state index in [4.69, 9.17) is 4.74 Å². The molecule has 0 N–H and O–H groups in total. The summed E-state index contributed by atoms with van der Waals surface area (Å²) in [6, 6.07) is 0. The maximum absolute atomic E-state index is 12.9. The van der Waals surface area contributed by atoms with Gasteiger partial charge in [-0.05, 0) is 27.7 Å². The molecule has 0 bridgehead atoms. The zero-order chi connectivity index (χ0) is 21.7. The molecule has 0 atom stereocenters. The number of hydrogen-bond acceptors (Lipinski definition) is 6. The van der Waals surface area contributed by atoms with E-state index < -0.39 is 11.0 Å². The van der Waals surface area contributed by atoms with Crippen LogP contribution in [-0.2, 0) is 21.4 Å². The third kappa shape index (κ3) is 3.95. The molecule has 0 aliphatic carbocycles. The highest BCUT2D eigenvalue weighted by Gasteiger charge is 2.48. The number of carbonyl (C=O) groups excluding carboxylic acids is 3. The summed E-state index contributed by atoms with van der Waals surface area (Å²) >= 11 is 0. The normalized spacial score (nSPS) is 19.9. The summed E-state index contributed by atoms with van der Waals surface area (Å²) in [4.78, 5) is 42.8. The molecule has 9 nitrogen and oxygen atoms in total. The quantitative estimate of drug-likeness (QED) is 0.700. The number of carbonyl (C=O) groups is 3. The summed E-state index contributed by atoms with van der Waals surface area (Å²) in [5.74, 6) is 0.199. The molecule has 0 spiro atoms. The Morgan fingerprint density at radius 3 is 2.17 bits per heavy atom. The van der Waals surface area contributed by atoms with Crippen LogP contribution in [0.4, 0.5) is 16.3 Å². The van der Waals surface area contributed by atoms with Gasteiger partial charge < -0.3 is 14.5 Å². The van der Waals surface area contributed by atoms with Crippen molar-refractivity contribution in [1.82, 2.24) is 14.7 Å². The second-order valence-electron chi connectivity index (χ2n) is 9.43. The van der Waals surface area contributed by atoms with Gasteiger partial charge >= 0.3 is 6.09 Å². The van der Waals surface area contributed by atoms with Gasteiger partial charge in [0, 0.05) is 39.6 Å². The molecule has 29 heavy (non-hydrogen) atoms. The molecule has 3 heterocycles. The summed E-state index contributed by atoms with van der Waals surface area (Å²) in [6.45, 7) is 13.0. The van der Waals surface area contributed by atoms with Crippen molar-refractivity contribution in [2.24, 2.45) is 12.5 Å². The number of amides is 3. The van der Waals surface area contributed by atoms with Crippen molar-refractivity contribution in [3.05, 3.63) is 5.69 Å². The lowest BCUT2D eigenvalue weighted by Gasteiger charge is -2.36. The molecule has 2 aliphatic rings. The molecule has 160 valence electrons. The molecule has 1 aromatic heterocycles. The Morgan fingerprint density at radius 2 is 1.69 bits per heavy atom. The standard InChI is InChI=1S/C20H31N5O4/c1-13-15(25-14(26)12-20(5,6)17(25)27)16(21-22(13)7)23-8-10-24(11-9-23)18(28)29-19(2,3)4/h8-12H2,1-7H3. The number of hydrogen-bond donors (Lipinski definition) is 0. The molecule has 2 aliphatic heterocycles. The molecule has 0 radical (unpaired) electrons. The topological polar surface area (TPSA) is 88.0 Å². The van der Waals surface area contributed by atoms with Crippen molar-refractivity contribution < 1.29 is 19.1 Å². The van der Waals surface area contributed by atoms with Gasteiger partial charge in [0.25, 0.3) is 0 Å². The minimum Gasteiger partial charge on any atom is -0.444 e. The predicted octanol–water partition coefficient (Wildman–Crippen LogP) is 2.08. The Labute approximate surface area is 171 Å². The second-order valence-corrected chi connectivity index (χ2v) is 9.43. The Bertz CT molecular complexity index is 844. The van der Waals surface area contributed by atoms with E-state index in [0.29, 0.717) is 37.7 Å². The van der Waals surface area contributed by atoms with E-state index >= 15 is 0 Å². The minimum atomic E-state index is -0.716. The number of rotatable bonds is 2. The van der Waals surface area contributed by atoms with Gasteiger partial charge in [-0.15, -0.1) is 0 Å². The van der Waals surface area contributed by atoms with E-state index in [0.717, 1.165) is 5.69 Å². The molecule has 9 heteroatoms. The first kappa shape index (κ1) is 21.1. The van der Waals surface area contributed by atoms with Crippen molar-refractivity contribution >= 4 is 29.4 Å². The SMILES string of the molecule is Cc1c(N2C(=O)CC(C)(C)C2=O)c(N2CCN(C(=O)OC(C)(C)C)CC2)nn1C. The average Bonchev–Trinajstić information content (AvgIpc) is 2.99. The number of anilines is 2. The van der Waals surface area contributed by atoms with E-state index in [9.17, 15) is 14.4 Å². The van der Waals surface area contributed by atoms with E-state index in [1.807, 2.05) is 32.6 Å². The van der Waals surface area contributed by atoms with Gasteiger partial charge in [0.1, 0.15) is 11.3 Å². The molecule has 3 amide bonds. The molecule has 0 aromatic carbocycles. The lowest BCUT2D eigenvalue weighted by molar-refractivity contribution is -0.124. The first-order chi connectivity index (χ1) is 13.3. The molecular formula is C20H31N5O4. The Balaban J connectivity index is 1.82. The van der Waals surface area contributed by atoms with Gasteiger partial charge in [-0.2, -0.15) is 5.10 Å². The van der Waals surface area contributed by atoms with Crippen LogP contribution in [0.15, 0.2) is 0 Å². The monoisotopic (exact) mass is 405 g/mol. The first-order valence-electron chi connectivity index (χ1n) is 9.96. The number of nitrogens with zero attached hydrogens (tertiary/aromatic N) is 5. The number of piperazine rings is 1. The fourth-order valence-electron chi connectivity index (χ4n) is 3.66. The van der Waals surface area contributed by atoms with Crippen LogP contribution in [0.1, 0.15) is 46.7 Å². The van der Waals surface area contributed by atoms with Crippen LogP contribution >= 0.6 is 0 Å². The van der Waals surface area contributed by atoms with E-state index in [-0.39, 0.29) is 24.3 Å². The van der Waals surface area contributed by atoms with Crippen LogP contribution in [0, 0.1) is 12.3 Å². The Morgan fingerprint density at radius 1 is 1.10 bits per heavy atom. The fourth-order valence-corrected chi connectivity index (χ4v) is 3.66. The maximum Gasteiger partial charge on any atom is 0.410 e. The molecular weight excluding hydrogens is 374 g/mol. The van der Waals surface area contributed by atoms with E-state index in [2.05, 4.69) is 5.10 Å². The summed E-state index contributed by atoms with van der Waals surface area (Å²) in [5, 5.41) is 4.59. The Hall–Kier alpha value is -2.58. The highest BCUT2D eigenvalue weighted by molar-refractivity contribution is 6.23. The smallest absolute Gasteiger partial charge is 0.410 e. The Kier molecular flexibility index (Phi) is 5.13. The van der Waals surface area contributed by atoms with E-state index in [1.54, 1.807) is 30.5 Å². The summed E-state index contributed by atoms with van der Waals surface area (Å²) in [5.41, 5.74) is 0.0576. The number of aromatic nitrogens is 2.